The Kier molecular flexibility index (Phi) is 6.55. The molecule has 0 aliphatic rings. The monoisotopic (exact) mass is 454 g/mol. The second-order valence-electron chi connectivity index (χ2n) is 6.82. The molecule has 1 aromatic heterocycles. The highest BCUT2D eigenvalue weighted by Crippen LogP contribution is 2.27. The van der Waals surface area contributed by atoms with Gasteiger partial charge >= 0.3 is 0 Å². The van der Waals surface area contributed by atoms with Gasteiger partial charge < -0.3 is 5.32 Å². The Morgan fingerprint density at radius 2 is 1.62 bits per heavy atom. The Morgan fingerprint density at radius 1 is 0.875 bits per heavy atom. The maximum atomic E-state index is 14.4. The molecule has 162 valence electrons. The molecule has 1 amide bonds. The molecule has 0 aliphatic heterocycles. The summed E-state index contributed by atoms with van der Waals surface area (Å²) in [7, 11) is 0. The molecule has 4 rings (SSSR count). The van der Waals surface area contributed by atoms with Crippen LogP contribution in [0.1, 0.15) is 5.56 Å². The van der Waals surface area contributed by atoms with E-state index in [-0.39, 0.29) is 11.4 Å². The van der Waals surface area contributed by atoms with Crippen molar-refractivity contribution in [2.24, 2.45) is 0 Å². The number of carbonyl (C=O) groups is 1. The molecule has 0 saturated carbocycles. The molecule has 0 unspecified atom stereocenters. The first kappa shape index (κ1) is 21.6. The van der Waals surface area contributed by atoms with Gasteiger partial charge in [0.05, 0.1) is 17.9 Å². The van der Waals surface area contributed by atoms with E-state index in [1.807, 2.05) is 30.3 Å². The Labute approximate surface area is 186 Å². The van der Waals surface area contributed by atoms with Gasteiger partial charge in [-0.2, -0.15) is 0 Å². The fourth-order valence-corrected chi connectivity index (χ4v) is 3.78. The first-order chi connectivity index (χ1) is 15.5. The summed E-state index contributed by atoms with van der Waals surface area (Å²) in [4.78, 5) is 12.3. The molecule has 4 aromatic rings. The van der Waals surface area contributed by atoms with Crippen molar-refractivity contribution < 1.29 is 18.0 Å². The summed E-state index contributed by atoms with van der Waals surface area (Å²) in [6.07, 6.45) is 0. The van der Waals surface area contributed by atoms with E-state index in [0.717, 1.165) is 29.5 Å². The van der Waals surface area contributed by atoms with Gasteiger partial charge in [-0.05, 0) is 29.8 Å². The van der Waals surface area contributed by atoms with E-state index in [1.165, 1.54) is 12.1 Å². The molecule has 0 atom stereocenters. The topological polar surface area (TPSA) is 59.8 Å². The van der Waals surface area contributed by atoms with Gasteiger partial charge in [-0.3, -0.25) is 9.36 Å². The van der Waals surface area contributed by atoms with Crippen LogP contribution < -0.4 is 5.32 Å². The Morgan fingerprint density at radius 3 is 2.38 bits per heavy atom. The van der Waals surface area contributed by atoms with Crippen LogP contribution in [0.25, 0.3) is 11.4 Å². The van der Waals surface area contributed by atoms with Crippen LogP contribution in [-0.4, -0.2) is 26.4 Å². The molecular weight excluding hydrogens is 437 g/mol. The van der Waals surface area contributed by atoms with Gasteiger partial charge in [0, 0.05) is 11.8 Å². The summed E-state index contributed by atoms with van der Waals surface area (Å²) in [5.41, 5.74) is 1.40. The van der Waals surface area contributed by atoms with E-state index in [9.17, 15) is 18.0 Å². The maximum Gasteiger partial charge on any atom is 0.234 e. The number of aromatic nitrogens is 3. The average Bonchev–Trinajstić information content (AvgIpc) is 3.18. The van der Waals surface area contributed by atoms with Crippen LogP contribution in [0.5, 0.6) is 0 Å². The third-order valence-corrected chi connectivity index (χ3v) is 5.52. The predicted molar refractivity (Wildman–Crippen MR) is 117 cm³/mol. The van der Waals surface area contributed by atoms with Gasteiger partial charge in [0.15, 0.2) is 22.6 Å². The van der Waals surface area contributed by atoms with Crippen molar-refractivity contribution in [3.8, 4) is 11.4 Å². The molecule has 1 heterocycles. The Balaban J connectivity index is 1.55. The fraction of sp³-hybridized carbons (Fsp3) is 0.0870. The largest absolute Gasteiger partial charge is 0.325 e. The summed E-state index contributed by atoms with van der Waals surface area (Å²) < 4.78 is 42.6. The minimum Gasteiger partial charge on any atom is -0.325 e. The number of nitrogens with one attached hydrogen (secondary N) is 1. The minimum absolute atomic E-state index is 0.0524. The molecule has 0 bridgehead atoms. The second-order valence-corrected chi connectivity index (χ2v) is 7.77. The van der Waals surface area contributed by atoms with E-state index in [0.29, 0.717) is 23.1 Å². The fourth-order valence-electron chi connectivity index (χ4n) is 3.05. The summed E-state index contributed by atoms with van der Waals surface area (Å²) in [5.74, 6) is -2.61. The first-order valence-corrected chi connectivity index (χ1v) is 10.6. The van der Waals surface area contributed by atoms with Gasteiger partial charge in [0.2, 0.25) is 5.91 Å². The SMILES string of the molecule is O=C(CSc1nnc(-c2ccccc2F)n1Cc1ccccc1)Nc1ccc(F)c(F)c1. The van der Waals surface area contributed by atoms with Crippen molar-refractivity contribution >= 4 is 23.4 Å². The highest BCUT2D eigenvalue weighted by atomic mass is 32.2. The Hall–Kier alpha value is -3.59. The molecule has 3 aromatic carbocycles. The number of rotatable bonds is 7. The predicted octanol–water partition coefficient (Wildman–Crippen LogP) is 5.14. The quantitative estimate of drug-likeness (QED) is 0.393. The molecular formula is C23H17F3N4OS. The molecule has 0 aliphatic carbocycles. The van der Waals surface area contributed by atoms with E-state index >= 15 is 0 Å². The van der Waals surface area contributed by atoms with Gasteiger partial charge in [0.25, 0.3) is 0 Å². The van der Waals surface area contributed by atoms with Crippen LogP contribution >= 0.6 is 11.8 Å². The molecule has 32 heavy (non-hydrogen) atoms. The van der Waals surface area contributed by atoms with E-state index in [2.05, 4.69) is 15.5 Å². The Bertz CT molecular complexity index is 1250. The summed E-state index contributed by atoms with van der Waals surface area (Å²) in [6, 6.07) is 18.9. The number of nitrogens with zero attached hydrogens (tertiary/aromatic N) is 3. The van der Waals surface area contributed by atoms with E-state index in [4.69, 9.17) is 0 Å². The highest BCUT2D eigenvalue weighted by molar-refractivity contribution is 7.99. The number of anilines is 1. The lowest BCUT2D eigenvalue weighted by Gasteiger charge is -2.11. The summed E-state index contributed by atoms with van der Waals surface area (Å²) in [6.45, 7) is 0.380. The zero-order valence-electron chi connectivity index (χ0n) is 16.6. The van der Waals surface area contributed by atoms with Crippen LogP contribution in [0.3, 0.4) is 0 Å². The molecule has 0 radical (unpaired) electrons. The zero-order valence-corrected chi connectivity index (χ0v) is 17.5. The van der Waals surface area contributed by atoms with Crippen molar-refractivity contribution in [1.82, 2.24) is 14.8 Å². The number of hydrogen-bond donors (Lipinski definition) is 1. The molecule has 5 nitrogen and oxygen atoms in total. The standard InChI is InChI=1S/C23H17F3N4OS/c24-18-9-5-4-8-17(18)22-28-29-23(30(22)13-15-6-2-1-3-7-15)32-14-21(31)27-16-10-11-19(25)20(26)12-16/h1-12H,13-14H2,(H,27,31). The number of thioether (sulfide) groups is 1. The van der Waals surface area contributed by atoms with Crippen molar-refractivity contribution in [1.29, 1.82) is 0 Å². The van der Waals surface area contributed by atoms with Gasteiger partial charge in [-0.1, -0.05) is 54.2 Å². The van der Waals surface area contributed by atoms with Crippen molar-refractivity contribution in [3.05, 3.63) is 95.8 Å². The summed E-state index contributed by atoms with van der Waals surface area (Å²) >= 11 is 1.11. The summed E-state index contributed by atoms with van der Waals surface area (Å²) in [5, 5.41) is 11.2. The number of hydrogen-bond acceptors (Lipinski definition) is 4. The van der Waals surface area contributed by atoms with E-state index < -0.39 is 23.4 Å². The van der Waals surface area contributed by atoms with Crippen LogP contribution in [0, 0.1) is 17.5 Å². The number of halogens is 3. The number of carbonyl (C=O) groups excluding carboxylic acids is 1. The third kappa shape index (κ3) is 5.00. The van der Waals surface area contributed by atoms with Crippen molar-refractivity contribution in [2.75, 3.05) is 11.1 Å². The third-order valence-electron chi connectivity index (χ3n) is 4.55. The van der Waals surface area contributed by atoms with Gasteiger partial charge in [-0.15, -0.1) is 10.2 Å². The number of benzene rings is 3. The van der Waals surface area contributed by atoms with E-state index in [1.54, 1.807) is 22.8 Å². The van der Waals surface area contributed by atoms with Crippen molar-refractivity contribution in [2.45, 2.75) is 11.7 Å². The average molecular weight is 454 g/mol. The molecule has 0 fully saturated rings. The van der Waals surface area contributed by atoms with Crippen LogP contribution in [-0.2, 0) is 11.3 Å². The lowest BCUT2D eigenvalue weighted by molar-refractivity contribution is -0.113. The van der Waals surface area contributed by atoms with Crippen molar-refractivity contribution in [3.63, 3.8) is 0 Å². The first-order valence-electron chi connectivity index (χ1n) is 9.61. The normalized spacial score (nSPS) is 10.8. The smallest absolute Gasteiger partial charge is 0.234 e. The van der Waals surface area contributed by atoms with Crippen LogP contribution in [0.4, 0.5) is 18.9 Å². The second kappa shape index (κ2) is 9.69. The molecule has 0 saturated heterocycles. The lowest BCUT2D eigenvalue weighted by Crippen LogP contribution is -2.15. The maximum absolute atomic E-state index is 14.4. The molecule has 1 N–H and O–H groups in total. The minimum atomic E-state index is -1.05. The lowest BCUT2D eigenvalue weighted by atomic mass is 10.2. The number of amides is 1. The van der Waals surface area contributed by atoms with Gasteiger partial charge in [-0.25, -0.2) is 13.2 Å². The van der Waals surface area contributed by atoms with Crippen LogP contribution in [0.2, 0.25) is 0 Å². The van der Waals surface area contributed by atoms with Crippen LogP contribution in [0.15, 0.2) is 78.0 Å². The molecule has 0 spiro atoms. The zero-order chi connectivity index (χ0) is 22.5. The molecule has 9 heteroatoms. The van der Waals surface area contributed by atoms with Gasteiger partial charge in [0.1, 0.15) is 5.82 Å². The highest BCUT2D eigenvalue weighted by Gasteiger charge is 2.18.